The van der Waals surface area contributed by atoms with Crippen LogP contribution < -0.4 is 5.32 Å². The lowest BCUT2D eigenvalue weighted by molar-refractivity contribution is -0.143. The van der Waals surface area contributed by atoms with Gasteiger partial charge in [-0.15, -0.1) is 0 Å². The van der Waals surface area contributed by atoms with Crippen LogP contribution in [-0.4, -0.2) is 43.8 Å². The van der Waals surface area contributed by atoms with E-state index in [4.69, 9.17) is 4.74 Å². The Morgan fingerprint density at radius 3 is 2.75 bits per heavy atom. The maximum Gasteiger partial charge on any atom is 0.408 e. The summed E-state index contributed by atoms with van der Waals surface area (Å²) in [4.78, 5) is 22.5. The minimum Gasteiger partial charge on any atom is -0.467 e. The van der Waals surface area contributed by atoms with Crippen LogP contribution in [0, 0.1) is 0 Å². The van der Waals surface area contributed by atoms with E-state index in [0.29, 0.717) is 6.42 Å². The third-order valence-corrected chi connectivity index (χ3v) is 2.36. The van der Waals surface area contributed by atoms with E-state index in [2.05, 4.69) is 16.6 Å². The van der Waals surface area contributed by atoms with Gasteiger partial charge >= 0.3 is 12.1 Å². The van der Waals surface area contributed by atoms with Crippen LogP contribution in [0.25, 0.3) is 0 Å². The third kappa shape index (κ3) is 6.34. The number of amides is 1. The van der Waals surface area contributed by atoms with E-state index in [-0.39, 0.29) is 6.61 Å². The van der Waals surface area contributed by atoms with Gasteiger partial charge in [0.25, 0.3) is 0 Å². The van der Waals surface area contributed by atoms with Crippen LogP contribution in [0.15, 0.2) is 12.7 Å². The number of hydrogen-bond donors (Lipinski definition) is 1. The summed E-state index contributed by atoms with van der Waals surface area (Å²) in [6.45, 7) is 3.53. The largest absolute Gasteiger partial charge is 0.467 e. The van der Waals surface area contributed by atoms with Gasteiger partial charge in [0.2, 0.25) is 0 Å². The average Bonchev–Trinajstić information content (AvgIpc) is 2.30. The van der Waals surface area contributed by atoms with E-state index in [0.717, 1.165) is 5.75 Å². The summed E-state index contributed by atoms with van der Waals surface area (Å²) >= 11 is 1.59. The van der Waals surface area contributed by atoms with Crippen LogP contribution in [0.2, 0.25) is 0 Å². The number of esters is 1. The fraction of sp³-hybridized carbons (Fsp3) is 0.600. The molecule has 6 heteroatoms. The first kappa shape index (κ1) is 14.8. The zero-order chi connectivity index (χ0) is 12.4. The summed E-state index contributed by atoms with van der Waals surface area (Å²) in [5.74, 6) is 0.284. The Balaban J connectivity index is 4.13. The maximum atomic E-state index is 11.3. The molecule has 92 valence electrons. The topological polar surface area (TPSA) is 64.6 Å². The van der Waals surface area contributed by atoms with E-state index in [1.165, 1.54) is 13.2 Å². The highest BCUT2D eigenvalue weighted by Crippen LogP contribution is 2.02. The summed E-state index contributed by atoms with van der Waals surface area (Å²) in [5.41, 5.74) is 0. The first-order valence-electron chi connectivity index (χ1n) is 4.76. The van der Waals surface area contributed by atoms with E-state index in [1.54, 1.807) is 11.8 Å². The van der Waals surface area contributed by atoms with Crippen molar-refractivity contribution < 1.29 is 19.1 Å². The Morgan fingerprint density at radius 1 is 1.56 bits per heavy atom. The van der Waals surface area contributed by atoms with E-state index in [9.17, 15) is 9.59 Å². The van der Waals surface area contributed by atoms with Crippen LogP contribution >= 0.6 is 11.8 Å². The van der Waals surface area contributed by atoms with Gasteiger partial charge in [0.05, 0.1) is 7.11 Å². The zero-order valence-electron chi connectivity index (χ0n) is 9.52. The van der Waals surface area contributed by atoms with Crippen molar-refractivity contribution in [1.82, 2.24) is 5.32 Å². The second-order valence-corrected chi connectivity index (χ2v) is 3.87. The molecule has 0 bridgehead atoms. The Bertz CT molecular complexity index is 245. The van der Waals surface area contributed by atoms with Gasteiger partial charge in [-0.2, -0.15) is 11.8 Å². The molecule has 0 spiro atoms. The summed E-state index contributed by atoms with van der Waals surface area (Å²) in [7, 11) is 1.28. The number of methoxy groups -OCH3 is 1. The van der Waals surface area contributed by atoms with Crippen LogP contribution in [0.3, 0.4) is 0 Å². The van der Waals surface area contributed by atoms with Gasteiger partial charge in [-0.05, 0) is 18.4 Å². The first-order chi connectivity index (χ1) is 7.65. The smallest absolute Gasteiger partial charge is 0.408 e. The van der Waals surface area contributed by atoms with E-state index >= 15 is 0 Å². The fourth-order valence-electron chi connectivity index (χ4n) is 0.945. The van der Waals surface area contributed by atoms with Crippen LogP contribution in [0.5, 0.6) is 0 Å². The van der Waals surface area contributed by atoms with Gasteiger partial charge < -0.3 is 14.8 Å². The Labute approximate surface area is 99.6 Å². The predicted molar refractivity (Wildman–Crippen MR) is 63.5 cm³/mol. The third-order valence-electron chi connectivity index (χ3n) is 1.72. The summed E-state index contributed by atoms with van der Waals surface area (Å²) in [6.07, 6.45) is 3.24. The molecule has 0 fully saturated rings. The molecule has 0 saturated heterocycles. The van der Waals surface area contributed by atoms with Gasteiger partial charge in [-0.3, -0.25) is 0 Å². The summed E-state index contributed by atoms with van der Waals surface area (Å²) in [5, 5.41) is 2.44. The second-order valence-electron chi connectivity index (χ2n) is 2.89. The maximum absolute atomic E-state index is 11.3. The molecule has 0 aliphatic heterocycles. The molecule has 0 aliphatic rings. The standard InChI is InChI=1S/C10H17NO4S/c1-4-6-15-10(13)11-8(5-7-16-3)9(12)14-2/h4,8H,1,5-7H2,2-3H3,(H,11,13). The van der Waals surface area contributed by atoms with Crippen LogP contribution in [0.4, 0.5) is 4.79 Å². The molecule has 1 atom stereocenters. The molecule has 1 N–H and O–H groups in total. The quantitative estimate of drug-likeness (QED) is 0.541. The molecule has 16 heavy (non-hydrogen) atoms. The molecular weight excluding hydrogens is 230 g/mol. The molecule has 0 saturated carbocycles. The highest BCUT2D eigenvalue weighted by molar-refractivity contribution is 7.98. The normalized spacial score (nSPS) is 11.4. The number of rotatable bonds is 7. The van der Waals surface area contributed by atoms with Gasteiger partial charge in [0.15, 0.2) is 0 Å². The van der Waals surface area contributed by atoms with Gasteiger partial charge in [-0.25, -0.2) is 9.59 Å². The molecule has 0 heterocycles. The molecule has 0 rings (SSSR count). The van der Waals surface area contributed by atoms with Crippen molar-refractivity contribution in [3.05, 3.63) is 12.7 Å². The lowest BCUT2D eigenvalue weighted by Crippen LogP contribution is -2.42. The molecule has 5 nitrogen and oxygen atoms in total. The molecule has 0 aliphatic carbocycles. The average molecular weight is 247 g/mol. The Kier molecular flexibility index (Phi) is 8.42. The Morgan fingerprint density at radius 2 is 2.25 bits per heavy atom. The monoisotopic (exact) mass is 247 g/mol. The number of thioether (sulfide) groups is 1. The number of carbonyl (C=O) groups excluding carboxylic acids is 2. The molecule has 0 aromatic carbocycles. The summed E-state index contributed by atoms with van der Waals surface area (Å²) < 4.78 is 9.29. The van der Waals surface area contributed by atoms with Crippen molar-refractivity contribution in [2.75, 3.05) is 25.7 Å². The van der Waals surface area contributed by atoms with Crippen molar-refractivity contribution in [2.24, 2.45) is 0 Å². The van der Waals surface area contributed by atoms with Crippen molar-refractivity contribution >= 4 is 23.8 Å². The SMILES string of the molecule is C=CCOC(=O)NC(CCSC)C(=O)OC. The van der Waals surface area contributed by atoms with Crippen LogP contribution in [-0.2, 0) is 14.3 Å². The number of carbonyl (C=O) groups is 2. The highest BCUT2D eigenvalue weighted by atomic mass is 32.2. The van der Waals surface area contributed by atoms with E-state index < -0.39 is 18.1 Å². The second kappa shape index (κ2) is 9.08. The number of nitrogens with one attached hydrogen (secondary N) is 1. The minimum atomic E-state index is -0.658. The highest BCUT2D eigenvalue weighted by Gasteiger charge is 2.21. The molecule has 0 aromatic heterocycles. The van der Waals surface area contributed by atoms with Crippen molar-refractivity contribution in [1.29, 1.82) is 0 Å². The fourth-order valence-corrected chi connectivity index (χ4v) is 1.42. The van der Waals surface area contributed by atoms with E-state index in [1.807, 2.05) is 6.26 Å². The zero-order valence-corrected chi connectivity index (χ0v) is 10.3. The number of hydrogen-bond acceptors (Lipinski definition) is 5. The van der Waals surface area contributed by atoms with Crippen molar-refractivity contribution in [3.63, 3.8) is 0 Å². The van der Waals surface area contributed by atoms with Gasteiger partial charge in [0, 0.05) is 0 Å². The number of alkyl carbamates (subject to hydrolysis) is 1. The minimum absolute atomic E-state index is 0.113. The molecule has 1 amide bonds. The molecule has 0 radical (unpaired) electrons. The molecule has 1 unspecified atom stereocenters. The Hall–Kier alpha value is -1.17. The number of ether oxygens (including phenoxy) is 2. The van der Waals surface area contributed by atoms with Crippen LogP contribution in [0.1, 0.15) is 6.42 Å². The summed E-state index contributed by atoms with van der Waals surface area (Å²) in [6, 6.07) is -0.658. The molecular formula is C10H17NO4S. The lowest BCUT2D eigenvalue weighted by Gasteiger charge is -2.15. The first-order valence-corrected chi connectivity index (χ1v) is 6.16. The lowest BCUT2D eigenvalue weighted by atomic mass is 10.2. The predicted octanol–water partition coefficient (Wildman–Crippen LogP) is 1.19. The van der Waals surface area contributed by atoms with Crippen molar-refractivity contribution in [3.8, 4) is 0 Å². The van der Waals surface area contributed by atoms with Crippen molar-refractivity contribution in [2.45, 2.75) is 12.5 Å². The molecule has 0 aromatic rings. The van der Waals surface area contributed by atoms with Gasteiger partial charge in [-0.1, -0.05) is 12.7 Å². The van der Waals surface area contributed by atoms with Gasteiger partial charge in [0.1, 0.15) is 12.6 Å².